The SMILES string of the molecule is COC(=O)CC(NC(=O)c1ccc(-n2cc(Br)cn2)cc1)c1ccccc1Cl. The molecule has 1 aromatic heterocycles. The Balaban J connectivity index is 1.79. The lowest BCUT2D eigenvalue weighted by Gasteiger charge is -2.19. The molecule has 2 aromatic carbocycles. The molecule has 144 valence electrons. The molecule has 1 atom stereocenters. The van der Waals surface area contributed by atoms with E-state index in [1.165, 1.54) is 7.11 Å². The lowest BCUT2D eigenvalue weighted by atomic mass is 10.0. The van der Waals surface area contributed by atoms with Crippen LogP contribution >= 0.6 is 27.5 Å². The Hall–Kier alpha value is -2.64. The fourth-order valence-electron chi connectivity index (χ4n) is 2.70. The number of ether oxygens (including phenoxy) is 1. The average Bonchev–Trinajstić information content (AvgIpc) is 3.14. The number of esters is 1. The third-order valence-electron chi connectivity index (χ3n) is 4.13. The van der Waals surface area contributed by atoms with Crippen LogP contribution in [0.4, 0.5) is 0 Å². The summed E-state index contributed by atoms with van der Waals surface area (Å²) < 4.78 is 7.30. The van der Waals surface area contributed by atoms with Crippen LogP contribution in [0.5, 0.6) is 0 Å². The van der Waals surface area contributed by atoms with Gasteiger partial charge in [0.2, 0.25) is 0 Å². The second-order valence-electron chi connectivity index (χ2n) is 5.98. The number of carbonyl (C=O) groups is 2. The molecule has 0 aliphatic rings. The van der Waals surface area contributed by atoms with Crippen LogP contribution in [0.3, 0.4) is 0 Å². The zero-order chi connectivity index (χ0) is 20.1. The summed E-state index contributed by atoms with van der Waals surface area (Å²) in [5, 5.41) is 7.54. The zero-order valence-electron chi connectivity index (χ0n) is 14.9. The van der Waals surface area contributed by atoms with E-state index in [4.69, 9.17) is 16.3 Å². The van der Waals surface area contributed by atoms with Crippen LogP contribution in [0.15, 0.2) is 65.4 Å². The molecule has 0 radical (unpaired) electrons. The fourth-order valence-corrected chi connectivity index (χ4v) is 3.25. The average molecular weight is 463 g/mol. The first kappa shape index (κ1) is 20.1. The van der Waals surface area contributed by atoms with Gasteiger partial charge in [0, 0.05) is 16.8 Å². The Morgan fingerprint density at radius 2 is 1.93 bits per heavy atom. The third-order valence-corrected chi connectivity index (χ3v) is 4.88. The standard InChI is InChI=1S/C20H17BrClN3O3/c1-28-19(26)10-18(16-4-2-3-5-17(16)22)24-20(27)13-6-8-15(9-7-13)25-12-14(21)11-23-25/h2-9,11-12,18H,10H2,1H3,(H,24,27). The molecular formula is C20H17BrClN3O3. The number of rotatable bonds is 6. The number of methoxy groups -OCH3 is 1. The van der Waals surface area contributed by atoms with E-state index in [0.717, 1.165) is 10.2 Å². The highest BCUT2D eigenvalue weighted by Crippen LogP contribution is 2.26. The van der Waals surface area contributed by atoms with Crippen LogP contribution in [-0.4, -0.2) is 28.8 Å². The maximum atomic E-state index is 12.7. The first-order valence-electron chi connectivity index (χ1n) is 8.40. The van der Waals surface area contributed by atoms with E-state index >= 15 is 0 Å². The van der Waals surface area contributed by atoms with Crippen molar-refractivity contribution in [2.45, 2.75) is 12.5 Å². The van der Waals surface area contributed by atoms with Gasteiger partial charge in [-0.3, -0.25) is 9.59 Å². The predicted octanol–water partition coefficient (Wildman–Crippen LogP) is 4.32. The number of nitrogens with zero attached hydrogens (tertiary/aromatic N) is 2. The molecule has 28 heavy (non-hydrogen) atoms. The number of benzene rings is 2. The van der Waals surface area contributed by atoms with Gasteiger partial charge in [-0.15, -0.1) is 0 Å². The van der Waals surface area contributed by atoms with Crippen LogP contribution in [0.2, 0.25) is 5.02 Å². The molecule has 3 rings (SSSR count). The molecule has 3 aromatic rings. The number of aromatic nitrogens is 2. The Kier molecular flexibility index (Phi) is 6.49. The lowest BCUT2D eigenvalue weighted by Crippen LogP contribution is -2.30. The van der Waals surface area contributed by atoms with Crippen LogP contribution in [-0.2, 0) is 9.53 Å². The van der Waals surface area contributed by atoms with Gasteiger partial charge in [0.15, 0.2) is 0 Å². The van der Waals surface area contributed by atoms with Crippen molar-refractivity contribution in [1.29, 1.82) is 0 Å². The number of carbonyl (C=O) groups excluding carboxylic acids is 2. The van der Waals surface area contributed by atoms with E-state index < -0.39 is 12.0 Å². The summed E-state index contributed by atoms with van der Waals surface area (Å²) in [6, 6.07) is 13.4. The fraction of sp³-hybridized carbons (Fsp3) is 0.150. The highest BCUT2D eigenvalue weighted by Gasteiger charge is 2.21. The smallest absolute Gasteiger partial charge is 0.307 e. The molecular weight excluding hydrogens is 446 g/mol. The van der Waals surface area contributed by atoms with Gasteiger partial charge in [0.05, 0.1) is 35.9 Å². The van der Waals surface area contributed by atoms with Gasteiger partial charge in [-0.1, -0.05) is 29.8 Å². The van der Waals surface area contributed by atoms with Crippen LogP contribution < -0.4 is 5.32 Å². The minimum atomic E-state index is -0.601. The number of nitrogens with one attached hydrogen (secondary N) is 1. The summed E-state index contributed by atoms with van der Waals surface area (Å²) in [6.07, 6.45) is 3.48. The predicted molar refractivity (Wildman–Crippen MR) is 110 cm³/mol. The van der Waals surface area contributed by atoms with Gasteiger partial charge in [-0.25, -0.2) is 4.68 Å². The summed E-state index contributed by atoms with van der Waals surface area (Å²) in [5.41, 5.74) is 1.93. The van der Waals surface area contributed by atoms with Crippen molar-refractivity contribution < 1.29 is 14.3 Å². The van der Waals surface area contributed by atoms with Gasteiger partial charge >= 0.3 is 5.97 Å². The summed E-state index contributed by atoms with van der Waals surface area (Å²) in [6.45, 7) is 0. The van der Waals surface area contributed by atoms with Crippen LogP contribution in [0.1, 0.15) is 28.4 Å². The van der Waals surface area contributed by atoms with Crippen molar-refractivity contribution in [3.05, 3.63) is 81.5 Å². The first-order valence-corrected chi connectivity index (χ1v) is 9.57. The molecule has 0 aliphatic carbocycles. The number of halogens is 2. The van der Waals surface area contributed by atoms with E-state index in [1.54, 1.807) is 59.4 Å². The number of hydrogen-bond donors (Lipinski definition) is 1. The van der Waals surface area contributed by atoms with E-state index in [9.17, 15) is 9.59 Å². The summed E-state index contributed by atoms with van der Waals surface area (Å²) in [4.78, 5) is 24.5. The topological polar surface area (TPSA) is 73.2 Å². The lowest BCUT2D eigenvalue weighted by molar-refractivity contribution is -0.141. The van der Waals surface area contributed by atoms with Crippen molar-refractivity contribution in [2.75, 3.05) is 7.11 Å². The molecule has 0 spiro atoms. The molecule has 1 N–H and O–H groups in total. The quantitative estimate of drug-likeness (QED) is 0.554. The Labute approximate surface area is 175 Å². The molecule has 0 aliphatic heterocycles. The maximum absolute atomic E-state index is 12.7. The molecule has 0 saturated carbocycles. The van der Waals surface area contributed by atoms with Crippen molar-refractivity contribution >= 4 is 39.4 Å². The van der Waals surface area contributed by atoms with Crippen molar-refractivity contribution in [3.63, 3.8) is 0 Å². The van der Waals surface area contributed by atoms with Gasteiger partial charge in [-0.05, 0) is 51.8 Å². The Bertz CT molecular complexity index is 988. The normalized spacial score (nSPS) is 11.7. The monoisotopic (exact) mass is 461 g/mol. The molecule has 0 bridgehead atoms. The number of amides is 1. The Morgan fingerprint density at radius 3 is 2.54 bits per heavy atom. The highest BCUT2D eigenvalue weighted by molar-refractivity contribution is 9.10. The van der Waals surface area contributed by atoms with Crippen molar-refractivity contribution in [2.24, 2.45) is 0 Å². The molecule has 1 amide bonds. The van der Waals surface area contributed by atoms with E-state index in [1.807, 2.05) is 6.20 Å². The summed E-state index contributed by atoms with van der Waals surface area (Å²) in [5.74, 6) is -0.758. The minimum Gasteiger partial charge on any atom is -0.469 e. The first-order chi connectivity index (χ1) is 13.5. The van der Waals surface area contributed by atoms with Crippen LogP contribution in [0, 0.1) is 0 Å². The molecule has 0 fully saturated rings. The molecule has 1 heterocycles. The summed E-state index contributed by atoms with van der Waals surface area (Å²) >= 11 is 9.60. The second-order valence-corrected chi connectivity index (χ2v) is 7.30. The molecule has 6 nitrogen and oxygen atoms in total. The number of hydrogen-bond acceptors (Lipinski definition) is 4. The molecule has 0 saturated heterocycles. The van der Waals surface area contributed by atoms with Crippen molar-refractivity contribution in [3.8, 4) is 5.69 Å². The van der Waals surface area contributed by atoms with Gasteiger partial charge < -0.3 is 10.1 Å². The van der Waals surface area contributed by atoms with E-state index in [2.05, 4.69) is 26.3 Å². The maximum Gasteiger partial charge on any atom is 0.307 e. The van der Waals surface area contributed by atoms with Gasteiger partial charge in [0.1, 0.15) is 0 Å². The van der Waals surface area contributed by atoms with Crippen LogP contribution in [0.25, 0.3) is 5.69 Å². The van der Waals surface area contributed by atoms with E-state index in [0.29, 0.717) is 16.1 Å². The summed E-state index contributed by atoms with van der Waals surface area (Å²) in [7, 11) is 1.31. The zero-order valence-corrected chi connectivity index (χ0v) is 17.3. The van der Waals surface area contributed by atoms with Gasteiger partial charge in [0.25, 0.3) is 5.91 Å². The van der Waals surface area contributed by atoms with Crippen molar-refractivity contribution in [1.82, 2.24) is 15.1 Å². The third kappa shape index (κ3) is 4.79. The van der Waals surface area contributed by atoms with E-state index in [-0.39, 0.29) is 12.3 Å². The molecule has 8 heteroatoms. The highest BCUT2D eigenvalue weighted by atomic mass is 79.9. The molecule has 1 unspecified atom stereocenters. The second kappa shape index (κ2) is 9.03. The largest absolute Gasteiger partial charge is 0.469 e. The minimum absolute atomic E-state index is 0.0224. The Morgan fingerprint density at radius 1 is 1.21 bits per heavy atom. The van der Waals surface area contributed by atoms with Gasteiger partial charge in [-0.2, -0.15) is 5.10 Å².